The van der Waals surface area contributed by atoms with Gasteiger partial charge in [-0.2, -0.15) is 4.31 Å². The van der Waals surface area contributed by atoms with E-state index in [1.54, 1.807) is 43.0 Å². The quantitative estimate of drug-likeness (QED) is 0.121. The minimum absolute atomic E-state index is 0.0157. The van der Waals surface area contributed by atoms with E-state index in [0.29, 0.717) is 36.8 Å². The number of likely N-dealkylation sites (N-methyl/N-ethyl adjacent to an activating group) is 1. The van der Waals surface area contributed by atoms with Gasteiger partial charge < -0.3 is 15.0 Å². The van der Waals surface area contributed by atoms with Gasteiger partial charge in [-0.3, -0.25) is 14.4 Å². The van der Waals surface area contributed by atoms with E-state index in [0.717, 1.165) is 44.1 Å². The first-order valence-corrected chi connectivity index (χ1v) is 24.6. The largest absolute Gasteiger partial charge is 0.480 e. The molecule has 1 heterocycles. The van der Waals surface area contributed by atoms with Crippen molar-refractivity contribution in [2.75, 3.05) is 40.3 Å². The zero-order valence-electron chi connectivity index (χ0n) is 37.6. The maximum Gasteiger partial charge on any atom is 0.263 e. The smallest absolute Gasteiger partial charge is 0.263 e. The first-order chi connectivity index (χ1) is 28.6. The van der Waals surface area contributed by atoms with Crippen molar-refractivity contribution in [2.24, 2.45) is 47.3 Å². The Bertz CT molecular complexity index is 1850. The van der Waals surface area contributed by atoms with Crippen molar-refractivity contribution in [1.29, 1.82) is 0 Å². The monoisotopic (exact) mass is 864 g/mol. The van der Waals surface area contributed by atoms with Gasteiger partial charge in [-0.1, -0.05) is 103 Å². The minimum Gasteiger partial charge on any atom is -0.480 e. The number of hydrogen-bond donors (Lipinski definition) is 2. The summed E-state index contributed by atoms with van der Waals surface area (Å²) in [5.41, 5.74) is 3.74. The number of rotatable bonds is 17. The van der Waals surface area contributed by atoms with Gasteiger partial charge in [0.1, 0.15) is 23.3 Å². The van der Waals surface area contributed by atoms with E-state index in [-0.39, 0.29) is 66.4 Å². The fourth-order valence-corrected chi connectivity index (χ4v) is 14.8. The third-order valence-electron chi connectivity index (χ3n) is 13.4. The van der Waals surface area contributed by atoms with Crippen molar-refractivity contribution in [3.05, 3.63) is 60.2 Å². The Labute approximate surface area is 366 Å². The van der Waals surface area contributed by atoms with Crippen LogP contribution in [0.25, 0.3) is 0 Å². The third kappa shape index (κ3) is 11.5. The van der Waals surface area contributed by atoms with Crippen LogP contribution in [0.1, 0.15) is 99.0 Å². The molecule has 8 atom stereocenters. The number of nitrogens with one attached hydrogen (secondary N) is 2. The highest BCUT2D eigenvalue weighted by Crippen LogP contribution is 2.63. The number of sulfonamides is 1. The molecule has 1 saturated heterocycles. The van der Waals surface area contributed by atoms with Gasteiger partial charge in [-0.15, -0.1) is 17.7 Å². The highest BCUT2D eigenvalue weighted by molar-refractivity contribution is 8.01. The summed E-state index contributed by atoms with van der Waals surface area (Å²) in [5, 5.41) is 2.69. The lowest BCUT2D eigenvalue weighted by Crippen LogP contribution is -2.72. The number of hydroxylamine groups is 1. The van der Waals surface area contributed by atoms with Crippen LogP contribution in [-0.4, -0.2) is 85.8 Å². The second-order valence-electron chi connectivity index (χ2n) is 18.7. The molecule has 0 bridgehead atoms. The van der Waals surface area contributed by atoms with Crippen LogP contribution in [0.3, 0.4) is 0 Å². The zero-order chi connectivity index (χ0) is 43.6. The number of amides is 2. The molecule has 10 nitrogen and oxygen atoms in total. The molecule has 0 spiro atoms. The molecule has 2 saturated carbocycles. The molecule has 2 aromatic rings. The second-order valence-corrected chi connectivity index (χ2v) is 22.2. The third-order valence-corrected chi connectivity index (χ3v) is 17.1. The van der Waals surface area contributed by atoms with E-state index in [2.05, 4.69) is 64.2 Å². The fraction of sp³-hybridized carbons (Fsp3) is 0.667. The normalized spacial score (nSPS) is 28.9. The first-order valence-electron chi connectivity index (χ1n) is 22.3. The number of hydrogen-bond acceptors (Lipinski definition) is 8. The highest BCUT2D eigenvalue weighted by Gasteiger charge is 2.65. The summed E-state index contributed by atoms with van der Waals surface area (Å²) < 4.78 is 38.3. The van der Waals surface area contributed by atoms with Crippen LogP contribution in [-0.2, 0) is 31.1 Å². The molecule has 6 unspecified atom stereocenters. The number of ether oxygens (including phenoxy) is 1. The topological polar surface area (TPSA) is 117 Å². The van der Waals surface area contributed by atoms with Crippen LogP contribution in [0, 0.1) is 59.2 Å². The van der Waals surface area contributed by atoms with Gasteiger partial charge in [0.25, 0.3) is 5.91 Å². The van der Waals surface area contributed by atoms with Gasteiger partial charge in [0.2, 0.25) is 15.9 Å². The number of benzene rings is 2. The van der Waals surface area contributed by atoms with Crippen LogP contribution in [0.2, 0.25) is 0 Å². The Hall–Kier alpha value is -3.08. The summed E-state index contributed by atoms with van der Waals surface area (Å²) in [4.78, 5) is 37.7. The van der Waals surface area contributed by atoms with Crippen molar-refractivity contribution in [1.82, 2.24) is 20.0 Å². The molecule has 1 aliphatic heterocycles. The summed E-state index contributed by atoms with van der Waals surface area (Å²) in [6.45, 7) is 16.8. The van der Waals surface area contributed by atoms with Gasteiger partial charge in [-0.25, -0.2) is 13.9 Å². The molecule has 0 aromatic heterocycles. The predicted octanol–water partition coefficient (Wildman–Crippen LogP) is 8.03. The molecule has 332 valence electrons. The summed E-state index contributed by atoms with van der Waals surface area (Å²) in [7, 11) is -0.516. The molecular formula is C48H72N4O6S2. The average molecular weight is 865 g/mol. The number of para-hydroxylation sites is 1. The van der Waals surface area contributed by atoms with Crippen LogP contribution in [0.15, 0.2) is 59.5 Å². The highest BCUT2D eigenvalue weighted by atomic mass is 32.2. The average Bonchev–Trinajstić information content (AvgIpc) is 3.20. The van der Waals surface area contributed by atoms with E-state index in [4.69, 9.17) is 9.57 Å². The minimum atomic E-state index is -4.46. The van der Waals surface area contributed by atoms with Crippen molar-refractivity contribution in [3.8, 4) is 17.6 Å². The van der Waals surface area contributed by atoms with Crippen LogP contribution < -0.4 is 15.5 Å². The van der Waals surface area contributed by atoms with Crippen molar-refractivity contribution < 1.29 is 27.6 Å². The van der Waals surface area contributed by atoms with E-state index in [9.17, 15) is 4.79 Å². The van der Waals surface area contributed by atoms with E-state index in [1.165, 1.54) is 4.31 Å². The summed E-state index contributed by atoms with van der Waals surface area (Å²) in [5.74, 6) is 7.12. The lowest BCUT2D eigenvalue weighted by Gasteiger charge is -2.63. The van der Waals surface area contributed by atoms with E-state index < -0.39 is 32.0 Å². The predicted molar refractivity (Wildman–Crippen MR) is 242 cm³/mol. The lowest BCUT2D eigenvalue weighted by atomic mass is 9.54. The Kier molecular flexibility index (Phi) is 17.4. The number of carbonyl (C=O) groups is 2. The van der Waals surface area contributed by atoms with Crippen molar-refractivity contribution >= 4 is 33.6 Å². The molecule has 3 aliphatic rings. The fourth-order valence-electron chi connectivity index (χ4n) is 10.5. The molecule has 3 fully saturated rings. The summed E-state index contributed by atoms with van der Waals surface area (Å²) >= 11 is 1.77. The van der Waals surface area contributed by atoms with Crippen LogP contribution in [0.4, 0.5) is 0 Å². The van der Waals surface area contributed by atoms with E-state index >= 15 is 13.2 Å². The molecule has 12 heteroatoms. The Morgan fingerprint density at radius 3 is 2.10 bits per heavy atom. The Morgan fingerprint density at radius 1 is 0.917 bits per heavy atom. The summed E-state index contributed by atoms with van der Waals surface area (Å²) in [6.07, 6.45) is 6.01. The zero-order valence-corrected chi connectivity index (χ0v) is 39.2. The Balaban J connectivity index is 1.78. The van der Waals surface area contributed by atoms with Crippen molar-refractivity contribution in [2.45, 2.75) is 121 Å². The molecule has 0 radical (unpaired) electrons. The van der Waals surface area contributed by atoms with Gasteiger partial charge in [0.15, 0.2) is 0 Å². The second kappa shape index (κ2) is 21.8. The molecule has 2 amide bonds. The van der Waals surface area contributed by atoms with Crippen molar-refractivity contribution in [3.63, 3.8) is 0 Å². The maximum atomic E-state index is 15.8. The Morgan fingerprint density at radius 2 is 1.52 bits per heavy atom. The van der Waals surface area contributed by atoms with E-state index in [1.807, 2.05) is 49.3 Å². The molecule has 60 heavy (non-hydrogen) atoms. The first kappa shape index (κ1) is 48.0. The summed E-state index contributed by atoms with van der Waals surface area (Å²) in [6, 6.07) is 15.2. The number of nitrogens with zero attached hydrogens (tertiary/aromatic N) is 2. The van der Waals surface area contributed by atoms with Crippen LogP contribution in [0.5, 0.6) is 5.75 Å². The van der Waals surface area contributed by atoms with Gasteiger partial charge in [0, 0.05) is 36.1 Å². The maximum absolute atomic E-state index is 15.8. The lowest BCUT2D eigenvalue weighted by molar-refractivity contribution is -0.143. The van der Waals surface area contributed by atoms with Crippen LogP contribution >= 0.6 is 11.8 Å². The molecular weight excluding hydrogens is 793 g/mol. The SMILES string of the molecule is CC#CCOc1ccccc1S(=O)(=O)N1C[C@H](CC(=O)NCCN(C)C)SC(C2CC(C)CCC2C(C)C)(C2CC(C)CCC2C(C)C)[C@@H]1C(=O)NOCc1ccccc1. The molecule has 2 aromatic carbocycles. The molecule has 2 aliphatic carbocycles. The standard InChI is InChI=1S/C48H72N4O6S2/c1-10-11-27-57-43-19-15-16-20-44(43)60(55,56)52-31-38(30-45(53)49-25-26-51(8)9)59-48(41-28-35(6)21-23-39(41)33(2)3,42-29-36(7)22-24-40(42)34(4)5)46(52)47(54)50-58-32-37-17-13-12-14-18-37/h12-20,33-36,38-42,46H,21-32H2,1-9H3,(H,49,53)(H,50,54)/t35?,36?,38-,39?,40?,41?,42?,46-,48?/m0/s1. The van der Waals surface area contributed by atoms with Gasteiger partial charge in [0.05, 0.1) is 6.61 Å². The molecule has 2 N–H and O–H groups in total. The van der Waals surface area contributed by atoms with Gasteiger partial charge >= 0.3 is 0 Å². The molecule has 5 rings (SSSR count). The number of carbonyl (C=O) groups excluding carboxylic acids is 2. The van der Waals surface area contributed by atoms with Gasteiger partial charge in [-0.05, 0) is 112 Å². The number of thioether (sulfide) groups is 1.